The van der Waals surface area contributed by atoms with Gasteiger partial charge in [-0.05, 0) is 24.3 Å². The molecule has 9 heteroatoms. The van der Waals surface area contributed by atoms with Crippen LogP contribution in [0.5, 0.6) is 5.75 Å². The number of nitrogens with zero attached hydrogens (tertiary/aromatic N) is 2. The molecular weight excluding hydrogens is 375 g/mol. The molecule has 0 bridgehead atoms. The maximum Gasteiger partial charge on any atom is 0.573 e. The molecule has 144 valence electrons. The molecule has 6 nitrogen and oxygen atoms in total. The van der Waals surface area contributed by atoms with Crippen molar-refractivity contribution in [2.45, 2.75) is 13.3 Å². The number of alkyl halides is 3. The number of halogens is 3. The predicted octanol–water partition coefficient (Wildman–Crippen LogP) is 4.21. The van der Waals surface area contributed by atoms with Gasteiger partial charge in [-0.2, -0.15) is 5.10 Å². The third-order valence-electron chi connectivity index (χ3n) is 3.67. The van der Waals surface area contributed by atoms with Gasteiger partial charge in [-0.1, -0.05) is 24.3 Å². The summed E-state index contributed by atoms with van der Waals surface area (Å²) in [5.41, 5.74) is 2.14. The molecule has 28 heavy (non-hydrogen) atoms. The minimum Gasteiger partial charge on any atom is -0.406 e. The van der Waals surface area contributed by atoms with Gasteiger partial charge in [0.1, 0.15) is 17.9 Å². The smallest absolute Gasteiger partial charge is 0.406 e. The maximum absolute atomic E-state index is 12.3. The first kappa shape index (κ1) is 19.2. The summed E-state index contributed by atoms with van der Waals surface area (Å²) in [5.74, 6) is -0.360. The van der Waals surface area contributed by atoms with Crippen molar-refractivity contribution in [1.82, 2.24) is 9.78 Å². The molecule has 1 heterocycles. The SMILES string of the molecule is CC(=O)Nc1cc(-c2ccc(C=O)cc2)nn1-c1ccc(OC(F)(F)F)cc1. The third kappa shape index (κ3) is 4.56. The summed E-state index contributed by atoms with van der Waals surface area (Å²) in [6.45, 7) is 1.33. The van der Waals surface area contributed by atoms with Crippen LogP contribution in [0.3, 0.4) is 0 Å². The largest absolute Gasteiger partial charge is 0.573 e. The number of ether oxygens (including phenoxy) is 1. The van der Waals surface area contributed by atoms with Gasteiger partial charge >= 0.3 is 6.36 Å². The molecule has 2 aromatic carbocycles. The van der Waals surface area contributed by atoms with Gasteiger partial charge in [0.15, 0.2) is 0 Å². The summed E-state index contributed by atoms with van der Waals surface area (Å²) >= 11 is 0. The molecule has 1 amide bonds. The van der Waals surface area contributed by atoms with Crippen LogP contribution in [-0.2, 0) is 4.79 Å². The van der Waals surface area contributed by atoms with Gasteiger partial charge in [-0.25, -0.2) is 4.68 Å². The molecule has 3 rings (SSSR count). The van der Waals surface area contributed by atoms with Crippen molar-refractivity contribution in [1.29, 1.82) is 0 Å². The lowest BCUT2D eigenvalue weighted by Crippen LogP contribution is -2.17. The van der Waals surface area contributed by atoms with Crippen molar-refractivity contribution in [2.75, 3.05) is 5.32 Å². The van der Waals surface area contributed by atoms with Gasteiger partial charge in [0.05, 0.1) is 11.4 Å². The Hall–Kier alpha value is -3.62. The molecule has 0 atom stereocenters. The first-order valence-corrected chi connectivity index (χ1v) is 8.04. The summed E-state index contributed by atoms with van der Waals surface area (Å²) in [6.07, 6.45) is -4.06. The Morgan fingerprint density at radius 3 is 2.29 bits per heavy atom. The van der Waals surface area contributed by atoms with E-state index in [0.717, 1.165) is 18.4 Å². The van der Waals surface area contributed by atoms with Crippen molar-refractivity contribution >= 4 is 18.0 Å². The van der Waals surface area contributed by atoms with Crippen LogP contribution in [0.1, 0.15) is 17.3 Å². The van der Waals surface area contributed by atoms with E-state index in [0.29, 0.717) is 28.3 Å². The van der Waals surface area contributed by atoms with Gasteiger partial charge < -0.3 is 10.1 Å². The van der Waals surface area contributed by atoms with Crippen molar-refractivity contribution < 1.29 is 27.5 Å². The van der Waals surface area contributed by atoms with Gasteiger partial charge in [0.2, 0.25) is 5.91 Å². The second-order valence-corrected chi connectivity index (χ2v) is 5.79. The Morgan fingerprint density at radius 2 is 1.75 bits per heavy atom. The molecule has 0 fully saturated rings. The number of carbonyl (C=O) groups is 2. The van der Waals surface area contributed by atoms with Crippen LogP contribution in [0.15, 0.2) is 54.6 Å². The number of amides is 1. The predicted molar refractivity (Wildman–Crippen MR) is 95.4 cm³/mol. The van der Waals surface area contributed by atoms with Crippen molar-refractivity contribution in [3.63, 3.8) is 0 Å². The van der Waals surface area contributed by atoms with Crippen molar-refractivity contribution in [3.05, 3.63) is 60.2 Å². The molecule has 1 N–H and O–H groups in total. The number of hydrogen-bond donors (Lipinski definition) is 1. The van der Waals surface area contributed by atoms with E-state index in [4.69, 9.17) is 0 Å². The maximum atomic E-state index is 12.3. The van der Waals surface area contributed by atoms with E-state index in [1.165, 1.54) is 23.7 Å². The van der Waals surface area contributed by atoms with E-state index in [1.54, 1.807) is 30.3 Å². The first-order valence-electron chi connectivity index (χ1n) is 8.04. The Morgan fingerprint density at radius 1 is 1.11 bits per heavy atom. The van der Waals surface area contributed by atoms with Gasteiger partial charge in [0, 0.05) is 24.1 Å². The van der Waals surface area contributed by atoms with E-state index < -0.39 is 6.36 Å². The number of aromatic nitrogens is 2. The monoisotopic (exact) mass is 389 g/mol. The van der Waals surface area contributed by atoms with Crippen LogP contribution < -0.4 is 10.1 Å². The summed E-state index contributed by atoms with van der Waals surface area (Å²) in [4.78, 5) is 22.3. The molecule has 0 aliphatic carbocycles. The summed E-state index contributed by atoms with van der Waals surface area (Å²) in [5, 5.41) is 7.05. The van der Waals surface area contributed by atoms with Crippen LogP contribution in [0.2, 0.25) is 0 Å². The Bertz CT molecular complexity index is 994. The zero-order valence-electron chi connectivity index (χ0n) is 14.5. The van der Waals surface area contributed by atoms with Crippen molar-refractivity contribution in [2.24, 2.45) is 0 Å². The molecule has 0 spiro atoms. The zero-order valence-corrected chi connectivity index (χ0v) is 14.5. The number of aldehydes is 1. The first-order chi connectivity index (χ1) is 13.2. The Balaban J connectivity index is 1.97. The molecule has 1 aromatic heterocycles. The van der Waals surface area contributed by atoms with Crippen LogP contribution in [0, 0.1) is 0 Å². The number of carbonyl (C=O) groups excluding carboxylic acids is 2. The second-order valence-electron chi connectivity index (χ2n) is 5.79. The molecule has 3 aromatic rings. The van der Waals surface area contributed by atoms with Crippen molar-refractivity contribution in [3.8, 4) is 22.7 Å². The summed E-state index contributed by atoms with van der Waals surface area (Å²) in [7, 11) is 0. The van der Waals surface area contributed by atoms with Crippen LogP contribution in [-0.4, -0.2) is 28.3 Å². The minimum atomic E-state index is -4.78. The molecular formula is C19H14F3N3O3. The fraction of sp³-hybridized carbons (Fsp3) is 0.105. The Kier molecular flexibility index (Phi) is 5.16. The standard InChI is InChI=1S/C19H14F3N3O3/c1-12(27)23-18-10-17(14-4-2-13(11-26)3-5-14)24-25(18)15-6-8-16(9-7-15)28-19(20,21)22/h2-11H,1H3,(H,23,27). The molecule has 0 aliphatic heterocycles. The lowest BCUT2D eigenvalue weighted by molar-refractivity contribution is -0.274. The summed E-state index contributed by atoms with van der Waals surface area (Å²) < 4.78 is 42.2. The van der Waals surface area contributed by atoms with E-state index in [1.807, 2.05) is 0 Å². The highest BCUT2D eigenvalue weighted by Crippen LogP contribution is 2.27. The quantitative estimate of drug-likeness (QED) is 0.664. The second kappa shape index (κ2) is 7.55. The average Bonchev–Trinajstić information content (AvgIpc) is 3.04. The average molecular weight is 389 g/mol. The van der Waals surface area contributed by atoms with E-state index in [-0.39, 0.29) is 11.7 Å². The zero-order chi connectivity index (χ0) is 20.3. The van der Waals surface area contributed by atoms with E-state index in [9.17, 15) is 22.8 Å². The number of nitrogens with one attached hydrogen (secondary N) is 1. The normalized spacial score (nSPS) is 11.1. The number of hydrogen-bond acceptors (Lipinski definition) is 4. The van der Waals surface area contributed by atoms with Gasteiger partial charge in [-0.15, -0.1) is 13.2 Å². The molecule has 0 saturated carbocycles. The van der Waals surface area contributed by atoms with Crippen LogP contribution >= 0.6 is 0 Å². The number of benzene rings is 2. The third-order valence-corrected chi connectivity index (χ3v) is 3.67. The van der Waals surface area contributed by atoms with E-state index >= 15 is 0 Å². The fourth-order valence-electron chi connectivity index (χ4n) is 2.51. The molecule has 0 saturated heterocycles. The molecule has 0 aliphatic rings. The summed E-state index contributed by atoms with van der Waals surface area (Å²) in [6, 6.07) is 13.4. The highest BCUT2D eigenvalue weighted by Gasteiger charge is 2.31. The lowest BCUT2D eigenvalue weighted by atomic mass is 10.1. The van der Waals surface area contributed by atoms with Gasteiger partial charge in [-0.3, -0.25) is 9.59 Å². The topological polar surface area (TPSA) is 73.2 Å². The fourth-order valence-corrected chi connectivity index (χ4v) is 2.51. The molecule has 0 unspecified atom stereocenters. The lowest BCUT2D eigenvalue weighted by Gasteiger charge is -2.10. The number of anilines is 1. The molecule has 0 radical (unpaired) electrons. The highest BCUT2D eigenvalue weighted by molar-refractivity contribution is 5.89. The number of rotatable bonds is 5. The van der Waals surface area contributed by atoms with Crippen LogP contribution in [0.4, 0.5) is 19.0 Å². The van der Waals surface area contributed by atoms with E-state index in [2.05, 4.69) is 15.2 Å². The minimum absolute atomic E-state index is 0.332. The van der Waals surface area contributed by atoms with Crippen LogP contribution in [0.25, 0.3) is 16.9 Å². The van der Waals surface area contributed by atoms with Gasteiger partial charge in [0.25, 0.3) is 0 Å². The highest BCUT2D eigenvalue weighted by atomic mass is 19.4. The Labute approximate surface area is 157 Å².